The van der Waals surface area contributed by atoms with E-state index in [1.54, 1.807) is 14.2 Å². The van der Waals surface area contributed by atoms with Gasteiger partial charge in [-0.1, -0.05) is 13.3 Å². The summed E-state index contributed by atoms with van der Waals surface area (Å²) in [6.07, 6.45) is 7.34. The van der Waals surface area contributed by atoms with Gasteiger partial charge in [0.05, 0.1) is 0 Å². The fourth-order valence-electron chi connectivity index (χ4n) is 3.20. The fraction of sp³-hybridized carbons (Fsp3) is 1.00. The van der Waals surface area contributed by atoms with Crippen LogP contribution in [0.15, 0.2) is 0 Å². The molecule has 0 saturated heterocycles. The molecule has 1 aliphatic carbocycles. The molecule has 0 radical (unpaired) electrons. The highest BCUT2D eigenvalue weighted by molar-refractivity contribution is 4.82. The Balaban J connectivity index is 2.46. The van der Waals surface area contributed by atoms with Crippen LogP contribution in [0.4, 0.5) is 0 Å². The van der Waals surface area contributed by atoms with Gasteiger partial charge in [-0.2, -0.15) is 0 Å². The van der Waals surface area contributed by atoms with Gasteiger partial charge in [0.25, 0.3) is 0 Å². The lowest BCUT2D eigenvalue weighted by Gasteiger charge is -2.39. The summed E-state index contributed by atoms with van der Waals surface area (Å²) >= 11 is 0. The Labute approximate surface area is 118 Å². The maximum absolute atomic E-state index is 5.94. The van der Waals surface area contributed by atoms with E-state index in [0.717, 1.165) is 12.3 Å². The molecule has 0 aromatic rings. The molecule has 0 bridgehead atoms. The van der Waals surface area contributed by atoms with E-state index in [1.165, 1.54) is 32.1 Å². The molecule has 19 heavy (non-hydrogen) atoms. The number of nitrogens with two attached hydrogens (primary N) is 1. The number of hydrogen-bond acceptors (Lipinski definition) is 4. The first-order valence-electron chi connectivity index (χ1n) is 7.63. The maximum Gasteiger partial charge on any atom is 0.158 e. The second-order valence-corrected chi connectivity index (χ2v) is 5.77. The molecule has 1 saturated carbocycles. The Hall–Kier alpha value is -0.160. The smallest absolute Gasteiger partial charge is 0.158 e. The van der Waals surface area contributed by atoms with Crippen molar-refractivity contribution in [2.24, 2.45) is 11.7 Å². The van der Waals surface area contributed by atoms with Crippen molar-refractivity contribution in [2.45, 2.75) is 63.8 Å². The summed E-state index contributed by atoms with van der Waals surface area (Å²) in [5.41, 5.74) is 5.94. The molecular formula is C15H32N2O2. The van der Waals surface area contributed by atoms with Crippen molar-refractivity contribution in [3.63, 3.8) is 0 Å². The Morgan fingerprint density at radius 1 is 1.16 bits per heavy atom. The second-order valence-electron chi connectivity index (χ2n) is 5.77. The number of hydrogen-bond donors (Lipinski definition) is 1. The molecular weight excluding hydrogens is 240 g/mol. The Bertz CT molecular complexity index is 226. The lowest BCUT2D eigenvalue weighted by Crippen LogP contribution is -2.47. The van der Waals surface area contributed by atoms with Gasteiger partial charge in [0.15, 0.2) is 6.29 Å². The molecule has 114 valence electrons. The van der Waals surface area contributed by atoms with Crippen LogP contribution in [-0.4, -0.2) is 51.1 Å². The first-order chi connectivity index (χ1) is 9.15. The van der Waals surface area contributed by atoms with Crippen molar-refractivity contribution in [1.82, 2.24) is 4.90 Å². The van der Waals surface area contributed by atoms with Crippen LogP contribution in [0.2, 0.25) is 0 Å². The van der Waals surface area contributed by atoms with Crippen LogP contribution in [0.5, 0.6) is 0 Å². The average molecular weight is 272 g/mol. The zero-order valence-electron chi connectivity index (χ0n) is 13.1. The highest BCUT2D eigenvalue weighted by Gasteiger charge is 2.28. The molecule has 1 rings (SSSR count). The van der Waals surface area contributed by atoms with E-state index in [2.05, 4.69) is 18.9 Å². The van der Waals surface area contributed by atoms with E-state index in [9.17, 15) is 0 Å². The van der Waals surface area contributed by atoms with E-state index in [1.807, 2.05) is 0 Å². The van der Waals surface area contributed by atoms with E-state index < -0.39 is 0 Å². The van der Waals surface area contributed by atoms with Crippen molar-refractivity contribution in [3.05, 3.63) is 0 Å². The van der Waals surface area contributed by atoms with E-state index in [0.29, 0.717) is 18.6 Å². The van der Waals surface area contributed by atoms with Crippen molar-refractivity contribution in [1.29, 1.82) is 0 Å². The first kappa shape index (κ1) is 16.9. The molecule has 0 aliphatic heterocycles. The summed E-state index contributed by atoms with van der Waals surface area (Å²) < 4.78 is 10.6. The maximum atomic E-state index is 5.94. The van der Waals surface area contributed by atoms with Gasteiger partial charge in [0.1, 0.15) is 0 Å². The quantitative estimate of drug-likeness (QED) is 0.688. The molecule has 1 fully saturated rings. The lowest BCUT2D eigenvalue weighted by molar-refractivity contribution is -0.117. The summed E-state index contributed by atoms with van der Waals surface area (Å²) in [5, 5.41) is 0. The summed E-state index contributed by atoms with van der Waals surface area (Å²) in [6, 6.07) is 1.01. The van der Waals surface area contributed by atoms with Crippen molar-refractivity contribution < 1.29 is 9.47 Å². The van der Waals surface area contributed by atoms with Gasteiger partial charge < -0.3 is 15.2 Å². The largest absolute Gasteiger partial charge is 0.356 e. The molecule has 1 unspecified atom stereocenters. The molecule has 2 N–H and O–H groups in total. The zero-order valence-corrected chi connectivity index (χ0v) is 13.1. The van der Waals surface area contributed by atoms with Crippen LogP contribution in [0, 0.1) is 5.92 Å². The van der Waals surface area contributed by atoms with Crippen molar-refractivity contribution >= 4 is 0 Å². The third-order valence-electron chi connectivity index (χ3n) is 4.81. The van der Waals surface area contributed by atoms with E-state index in [-0.39, 0.29) is 6.29 Å². The predicted molar refractivity (Wildman–Crippen MR) is 79.1 cm³/mol. The molecule has 0 heterocycles. The van der Waals surface area contributed by atoms with Gasteiger partial charge in [-0.05, 0) is 38.6 Å². The van der Waals surface area contributed by atoms with Crippen LogP contribution in [0.25, 0.3) is 0 Å². The molecule has 1 aliphatic rings. The molecule has 0 spiro atoms. The first-order valence-corrected chi connectivity index (χ1v) is 7.63. The highest BCUT2D eigenvalue weighted by Crippen LogP contribution is 2.30. The second kappa shape index (κ2) is 8.90. The predicted octanol–water partition coefficient (Wildman–Crippen LogP) is 2.22. The Morgan fingerprint density at radius 2 is 1.74 bits per heavy atom. The van der Waals surface area contributed by atoms with Gasteiger partial charge >= 0.3 is 0 Å². The van der Waals surface area contributed by atoms with Crippen LogP contribution in [0.1, 0.15) is 45.4 Å². The van der Waals surface area contributed by atoms with E-state index in [4.69, 9.17) is 15.2 Å². The van der Waals surface area contributed by atoms with E-state index >= 15 is 0 Å². The highest BCUT2D eigenvalue weighted by atomic mass is 16.7. The summed E-state index contributed by atoms with van der Waals surface area (Å²) in [7, 11) is 5.58. The molecule has 0 aromatic carbocycles. The number of nitrogens with zero attached hydrogens (tertiary/aromatic N) is 1. The standard InChI is InChI=1S/C15H32N2O2/c1-5-12-6-8-13(9-7-12)17(2)14(11-16)10-15(18-3)19-4/h12-15H,5-11,16H2,1-4H3. The number of ether oxygens (including phenoxy) is 2. The summed E-state index contributed by atoms with van der Waals surface area (Å²) in [5.74, 6) is 0.937. The monoisotopic (exact) mass is 272 g/mol. The number of methoxy groups -OCH3 is 2. The van der Waals surface area contributed by atoms with Gasteiger partial charge in [0, 0.05) is 39.3 Å². The molecule has 0 amide bonds. The molecule has 0 aromatic heterocycles. The van der Waals surface area contributed by atoms with Crippen LogP contribution in [0.3, 0.4) is 0 Å². The van der Waals surface area contributed by atoms with Gasteiger partial charge in [-0.15, -0.1) is 0 Å². The zero-order chi connectivity index (χ0) is 14.3. The summed E-state index contributed by atoms with van der Waals surface area (Å²) in [4.78, 5) is 2.46. The topological polar surface area (TPSA) is 47.7 Å². The minimum absolute atomic E-state index is 0.150. The minimum atomic E-state index is -0.150. The molecule has 4 nitrogen and oxygen atoms in total. The Kier molecular flexibility index (Phi) is 7.91. The third kappa shape index (κ3) is 5.03. The van der Waals surface area contributed by atoms with Gasteiger partial charge in [0.2, 0.25) is 0 Å². The van der Waals surface area contributed by atoms with Crippen molar-refractivity contribution in [3.8, 4) is 0 Å². The third-order valence-corrected chi connectivity index (χ3v) is 4.81. The lowest BCUT2D eigenvalue weighted by atomic mass is 9.83. The normalized spacial score (nSPS) is 26.1. The van der Waals surface area contributed by atoms with Gasteiger partial charge in [-0.3, -0.25) is 4.90 Å². The van der Waals surface area contributed by atoms with Crippen LogP contribution in [-0.2, 0) is 9.47 Å². The average Bonchev–Trinajstić information content (AvgIpc) is 2.48. The van der Waals surface area contributed by atoms with Crippen LogP contribution >= 0.6 is 0 Å². The van der Waals surface area contributed by atoms with Gasteiger partial charge in [-0.25, -0.2) is 0 Å². The molecule has 4 heteroatoms. The van der Waals surface area contributed by atoms with Crippen LogP contribution < -0.4 is 5.73 Å². The minimum Gasteiger partial charge on any atom is -0.356 e. The van der Waals surface area contributed by atoms with Crippen molar-refractivity contribution in [2.75, 3.05) is 27.8 Å². The Morgan fingerprint density at radius 3 is 2.16 bits per heavy atom. The molecule has 1 atom stereocenters. The fourth-order valence-corrected chi connectivity index (χ4v) is 3.20. The summed E-state index contributed by atoms with van der Waals surface area (Å²) in [6.45, 7) is 2.96. The number of likely N-dealkylation sites (N-methyl/N-ethyl adjacent to an activating group) is 1. The number of rotatable bonds is 8. The SMILES string of the molecule is CCC1CCC(N(C)C(CN)CC(OC)OC)CC1.